The van der Waals surface area contributed by atoms with E-state index in [1.807, 2.05) is 0 Å². The molecule has 0 atom stereocenters. The van der Waals surface area contributed by atoms with E-state index in [2.05, 4.69) is 73.1 Å². The van der Waals surface area contributed by atoms with E-state index in [1.54, 1.807) is 0 Å². The summed E-state index contributed by atoms with van der Waals surface area (Å²) in [6.45, 7) is 2.08. The zero-order valence-electron chi connectivity index (χ0n) is 9.77. The minimum Gasteiger partial charge on any atom is -0.361 e. The van der Waals surface area contributed by atoms with Crippen LogP contribution in [0.2, 0.25) is 0 Å². The molecule has 0 aliphatic rings. The molecule has 17 heavy (non-hydrogen) atoms. The van der Waals surface area contributed by atoms with Gasteiger partial charge in [0.25, 0.3) is 0 Å². The maximum atomic E-state index is 3.32. The molecule has 0 aliphatic carbocycles. The van der Waals surface area contributed by atoms with Crippen LogP contribution < -0.4 is 0 Å². The maximum absolute atomic E-state index is 3.32. The Labute approximate surface area is 101 Å². The summed E-state index contributed by atoms with van der Waals surface area (Å²) in [5.41, 5.74) is 5.02. The molecule has 1 N–H and O–H groups in total. The van der Waals surface area contributed by atoms with E-state index in [0.29, 0.717) is 0 Å². The highest BCUT2D eigenvalue weighted by Gasteiger charge is 2.08. The van der Waals surface area contributed by atoms with Gasteiger partial charge in [-0.1, -0.05) is 49.4 Å². The molecule has 0 aliphatic heterocycles. The van der Waals surface area contributed by atoms with Gasteiger partial charge in [-0.05, 0) is 23.6 Å². The second-order valence-corrected chi connectivity index (χ2v) is 4.12. The van der Waals surface area contributed by atoms with Crippen molar-refractivity contribution in [1.29, 1.82) is 0 Å². The van der Waals surface area contributed by atoms with E-state index in [0.717, 1.165) is 0 Å². The Morgan fingerprint density at radius 1 is 0.882 bits per heavy atom. The number of aromatic amines is 1. The Kier molecular flexibility index (Phi) is 2.45. The van der Waals surface area contributed by atoms with Gasteiger partial charge in [0, 0.05) is 22.7 Å². The van der Waals surface area contributed by atoms with Crippen LogP contribution >= 0.6 is 0 Å². The molecule has 0 spiro atoms. The quantitative estimate of drug-likeness (QED) is 0.658. The van der Waals surface area contributed by atoms with E-state index in [9.17, 15) is 0 Å². The second kappa shape index (κ2) is 4.10. The first-order chi connectivity index (χ1) is 8.40. The Morgan fingerprint density at radius 2 is 1.65 bits per heavy atom. The second-order valence-electron chi connectivity index (χ2n) is 4.12. The third-order valence-corrected chi connectivity index (χ3v) is 3.15. The number of para-hydroxylation sites is 1. The highest BCUT2D eigenvalue weighted by atomic mass is 14.7. The highest BCUT2D eigenvalue weighted by molar-refractivity contribution is 5.96. The topological polar surface area (TPSA) is 15.8 Å². The monoisotopic (exact) mass is 220 g/mol. The smallest absolute Gasteiger partial charge is 0.0460 e. The van der Waals surface area contributed by atoms with Gasteiger partial charge in [0.05, 0.1) is 0 Å². The summed E-state index contributed by atoms with van der Waals surface area (Å²) in [6.07, 6.45) is 4.24. The fraction of sp³-hybridized carbons (Fsp3) is 0.0625. The predicted molar refractivity (Wildman–Crippen MR) is 72.8 cm³/mol. The summed E-state index contributed by atoms with van der Waals surface area (Å²) in [5.74, 6) is 0. The lowest BCUT2D eigenvalue weighted by atomic mass is 9.98. The van der Waals surface area contributed by atoms with Crippen LogP contribution in [-0.4, -0.2) is 4.98 Å². The molecule has 0 unspecified atom stereocenters. The van der Waals surface area contributed by atoms with Crippen molar-refractivity contribution in [3.05, 3.63) is 66.7 Å². The minimum absolute atomic E-state index is 1.19. The van der Waals surface area contributed by atoms with Gasteiger partial charge < -0.3 is 4.98 Å². The maximum Gasteiger partial charge on any atom is 0.0460 e. The van der Waals surface area contributed by atoms with Crippen molar-refractivity contribution in [3.8, 4) is 11.1 Å². The van der Waals surface area contributed by atoms with E-state index in [4.69, 9.17) is 0 Å². The van der Waals surface area contributed by atoms with Crippen LogP contribution in [0.25, 0.3) is 22.0 Å². The van der Waals surface area contributed by atoms with Crippen molar-refractivity contribution in [2.75, 3.05) is 0 Å². The molecule has 1 nitrogen and oxygen atoms in total. The first-order valence-corrected chi connectivity index (χ1v) is 5.85. The summed E-state index contributed by atoms with van der Waals surface area (Å²) >= 11 is 0. The molecule has 0 saturated carbocycles. The average Bonchev–Trinajstić information content (AvgIpc) is 2.82. The molecule has 2 aromatic carbocycles. The molecule has 0 amide bonds. The molecule has 3 rings (SSSR count). The van der Waals surface area contributed by atoms with Crippen LogP contribution in [0.4, 0.5) is 0 Å². The van der Waals surface area contributed by atoms with Gasteiger partial charge in [0.1, 0.15) is 0 Å². The molecule has 1 aromatic heterocycles. The fourth-order valence-electron chi connectivity index (χ4n) is 2.29. The van der Waals surface area contributed by atoms with Gasteiger partial charge in [-0.2, -0.15) is 0 Å². The van der Waals surface area contributed by atoms with Gasteiger partial charge in [-0.25, -0.2) is 0 Å². The number of hydrogen-bond acceptors (Lipinski definition) is 0. The molecule has 1 heterocycles. The van der Waals surface area contributed by atoms with Crippen LogP contribution in [0.3, 0.4) is 0 Å². The summed E-state index contributed by atoms with van der Waals surface area (Å²) in [7, 11) is 0. The Morgan fingerprint density at radius 3 is 2.53 bits per heavy atom. The number of hydrogen-bond donors (Lipinski definition) is 1. The van der Waals surface area contributed by atoms with Crippen molar-refractivity contribution >= 4 is 10.9 Å². The predicted octanol–water partition coefficient (Wildman–Crippen LogP) is 4.41. The van der Waals surface area contributed by atoms with Crippen LogP contribution in [0, 0.1) is 6.42 Å². The fourth-order valence-corrected chi connectivity index (χ4v) is 2.29. The van der Waals surface area contributed by atoms with Crippen LogP contribution in [0.5, 0.6) is 0 Å². The largest absolute Gasteiger partial charge is 0.361 e. The zero-order valence-corrected chi connectivity index (χ0v) is 9.77. The molecule has 83 valence electrons. The van der Waals surface area contributed by atoms with E-state index in [1.165, 1.54) is 27.6 Å². The Balaban J connectivity index is 2.27. The SMILES string of the molecule is C[CH]c1ccccc1-c1c[nH]c2ccccc12. The van der Waals surface area contributed by atoms with Gasteiger partial charge in [0.2, 0.25) is 0 Å². The lowest BCUT2D eigenvalue weighted by Crippen LogP contribution is -1.83. The average molecular weight is 220 g/mol. The Hall–Kier alpha value is -2.02. The van der Waals surface area contributed by atoms with Gasteiger partial charge in [-0.3, -0.25) is 0 Å². The lowest BCUT2D eigenvalue weighted by molar-refractivity contribution is 1.41. The van der Waals surface area contributed by atoms with Gasteiger partial charge >= 0.3 is 0 Å². The van der Waals surface area contributed by atoms with Crippen LogP contribution in [0.1, 0.15) is 12.5 Å². The summed E-state index contributed by atoms with van der Waals surface area (Å²) < 4.78 is 0. The standard InChI is InChI=1S/C16H14N/c1-2-12-7-3-4-8-13(12)15-11-17-16-10-6-5-9-14(15)16/h2-11,17H,1H3. The minimum atomic E-state index is 1.19. The molecule has 0 saturated heterocycles. The van der Waals surface area contributed by atoms with Crippen molar-refractivity contribution in [1.82, 2.24) is 4.98 Å². The molecule has 3 aromatic rings. The van der Waals surface area contributed by atoms with E-state index < -0.39 is 0 Å². The number of H-pyrrole nitrogens is 1. The summed E-state index contributed by atoms with van der Waals surface area (Å²) in [5, 5.41) is 1.28. The van der Waals surface area contributed by atoms with Gasteiger partial charge in [0.15, 0.2) is 0 Å². The first kappa shape index (κ1) is 10.2. The Bertz CT molecular complexity index is 649. The number of benzene rings is 2. The zero-order chi connectivity index (χ0) is 11.7. The van der Waals surface area contributed by atoms with Crippen LogP contribution in [-0.2, 0) is 0 Å². The normalized spacial score (nSPS) is 10.9. The van der Waals surface area contributed by atoms with Crippen molar-refractivity contribution in [2.45, 2.75) is 6.92 Å². The molecule has 1 heteroatoms. The van der Waals surface area contributed by atoms with Crippen molar-refractivity contribution in [2.24, 2.45) is 0 Å². The van der Waals surface area contributed by atoms with Crippen molar-refractivity contribution in [3.63, 3.8) is 0 Å². The number of aromatic nitrogens is 1. The number of nitrogens with one attached hydrogen (secondary N) is 1. The van der Waals surface area contributed by atoms with E-state index in [-0.39, 0.29) is 0 Å². The third-order valence-electron chi connectivity index (χ3n) is 3.15. The molecule has 1 radical (unpaired) electrons. The summed E-state index contributed by atoms with van der Waals surface area (Å²) in [4.78, 5) is 3.32. The van der Waals surface area contributed by atoms with Crippen LogP contribution in [0.15, 0.2) is 54.7 Å². The number of rotatable bonds is 2. The molecule has 0 bridgehead atoms. The van der Waals surface area contributed by atoms with Crippen molar-refractivity contribution < 1.29 is 0 Å². The van der Waals surface area contributed by atoms with Gasteiger partial charge in [-0.15, -0.1) is 0 Å². The first-order valence-electron chi connectivity index (χ1n) is 5.85. The molecule has 0 fully saturated rings. The van der Waals surface area contributed by atoms with E-state index >= 15 is 0 Å². The molecular weight excluding hydrogens is 206 g/mol. The number of fused-ring (bicyclic) bond motifs is 1. The molecular formula is C16H14N. The highest BCUT2D eigenvalue weighted by Crippen LogP contribution is 2.31. The summed E-state index contributed by atoms with van der Waals surface area (Å²) in [6, 6.07) is 16.9. The lowest BCUT2D eigenvalue weighted by Gasteiger charge is -2.05. The third kappa shape index (κ3) is 1.64.